The van der Waals surface area contributed by atoms with Crippen molar-refractivity contribution >= 4 is 0 Å². The highest BCUT2D eigenvalue weighted by molar-refractivity contribution is 5.04. The first-order valence-electron chi connectivity index (χ1n) is 5.35. The SMILES string of the molecule is CCC=C(C)C(CC(C)CC)OC. The van der Waals surface area contributed by atoms with E-state index in [0.717, 1.165) is 18.8 Å². The van der Waals surface area contributed by atoms with Crippen molar-refractivity contribution < 1.29 is 4.74 Å². The molecule has 0 heterocycles. The van der Waals surface area contributed by atoms with E-state index in [-0.39, 0.29) is 0 Å². The van der Waals surface area contributed by atoms with E-state index in [1.54, 1.807) is 7.11 Å². The molecule has 0 spiro atoms. The Bertz CT molecular complexity index is 149. The molecule has 0 aromatic carbocycles. The van der Waals surface area contributed by atoms with Crippen LogP contribution in [0.2, 0.25) is 0 Å². The van der Waals surface area contributed by atoms with Gasteiger partial charge in [0.15, 0.2) is 0 Å². The zero-order valence-electron chi connectivity index (χ0n) is 9.76. The van der Waals surface area contributed by atoms with Gasteiger partial charge in [0, 0.05) is 7.11 Å². The lowest BCUT2D eigenvalue weighted by Gasteiger charge is -2.19. The van der Waals surface area contributed by atoms with Crippen molar-refractivity contribution in [1.82, 2.24) is 0 Å². The zero-order valence-corrected chi connectivity index (χ0v) is 9.76. The minimum atomic E-state index is 0.329. The Morgan fingerprint density at radius 2 is 2.00 bits per heavy atom. The molecule has 0 saturated heterocycles. The zero-order chi connectivity index (χ0) is 10.3. The van der Waals surface area contributed by atoms with Gasteiger partial charge in [-0.25, -0.2) is 0 Å². The summed E-state index contributed by atoms with van der Waals surface area (Å²) in [5.74, 6) is 0.755. The average molecular weight is 184 g/mol. The van der Waals surface area contributed by atoms with Gasteiger partial charge in [-0.2, -0.15) is 0 Å². The van der Waals surface area contributed by atoms with Gasteiger partial charge < -0.3 is 4.74 Å². The average Bonchev–Trinajstić information content (AvgIpc) is 2.14. The van der Waals surface area contributed by atoms with E-state index in [4.69, 9.17) is 4.74 Å². The fourth-order valence-corrected chi connectivity index (χ4v) is 1.45. The van der Waals surface area contributed by atoms with Gasteiger partial charge in [-0.05, 0) is 31.3 Å². The molecule has 1 nitrogen and oxygen atoms in total. The van der Waals surface area contributed by atoms with E-state index in [0.29, 0.717) is 6.10 Å². The third-order valence-corrected chi connectivity index (χ3v) is 2.63. The van der Waals surface area contributed by atoms with Crippen molar-refractivity contribution in [2.24, 2.45) is 5.92 Å². The minimum absolute atomic E-state index is 0.329. The summed E-state index contributed by atoms with van der Waals surface area (Å²) in [6, 6.07) is 0. The second kappa shape index (κ2) is 7.14. The van der Waals surface area contributed by atoms with Gasteiger partial charge >= 0.3 is 0 Å². The molecule has 0 aliphatic heterocycles. The Balaban J connectivity index is 4.09. The van der Waals surface area contributed by atoms with Crippen molar-refractivity contribution in [3.63, 3.8) is 0 Å². The number of hydrogen-bond acceptors (Lipinski definition) is 1. The van der Waals surface area contributed by atoms with Crippen LogP contribution < -0.4 is 0 Å². The van der Waals surface area contributed by atoms with Gasteiger partial charge in [-0.3, -0.25) is 0 Å². The molecule has 78 valence electrons. The molecule has 0 amide bonds. The lowest BCUT2D eigenvalue weighted by Crippen LogP contribution is -2.15. The molecule has 0 bridgehead atoms. The summed E-state index contributed by atoms with van der Waals surface area (Å²) < 4.78 is 5.47. The molecular formula is C12H24O. The topological polar surface area (TPSA) is 9.23 Å². The number of methoxy groups -OCH3 is 1. The van der Waals surface area contributed by atoms with Crippen LogP contribution in [-0.2, 0) is 4.74 Å². The third-order valence-electron chi connectivity index (χ3n) is 2.63. The van der Waals surface area contributed by atoms with E-state index in [1.807, 2.05) is 0 Å². The van der Waals surface area contributed by atoms with Gasteiger partial charge in [-0.15, -0.1) is 0 Å². The Kier molecular flexibility index (Phi) is 6.97. The predicted molar refractivity (Wildman–Crippen MR) is 58.9 cm³/mol. The summed E-state index contributed by atoms with van der Waals surface area (Å²) in [6.45, 7) is 8.85. The first-order valence-corrected chi connectivity index (χ1v) is 5.35. The highest BCUT2D eigenvalue weighted by Gasteiger charge is 2.12. The van der Waals surface area contributed by atoms with E-state index >= 15 is 0 Å². The van der Waals surface area contributed by atoms with Crippen molar-refractivity contribution in [3.8, 4) is 0 Å². The van der Waals surface area contributed by atoms with Crippen LogP contribution in [0.15, 0.2) is 11.6 Å². The molecule has 0 saturated carbocycles. The third kappa shape index (κ3) is 5.09. The van der Waals surface area contributed by atoms with Crippen LogP contribution in [-0.4, -0.2) is 13.2 Å². The van der Waals surface area contributed by atoms with Crippen molar-refractivity contribution in [2.45, 2.75) is 53.1 Å². The van der Waals surface area contributed by atoms with Gasteiger partial charge in [0.2, 0.25) is 0 Å². The lowest BCUT2D eigenvalue weighted by molar-refractivity contribution is 0.109. The van der Waals surface area contributed by atoms with Crippen molar-refractivity contribution in [2.75, 3.05) is 7.11 Å². The molecule has 0 N–H and O–H groups in total. The van der Waals surface area contributed by atoms with E-state index < -0.39 is 0 Å². The highest BCUT2D eigenvalue weighted by atomic mass is 16.5. The van der Waals surface area contributed by atoms with Crippen LogP contribution in [0.3, 0.4) is 0 Å². The van der Waals surface area contributed by atoms with Gasteiger partial charge in [-0.1, -0.05) is 33.3 Å². The maximum atomic E-state index is 5.47. The molecule has 0 aliphatic carbocycles. The maximum Gasteiger partial charge on any atom is 0.0781 e. The summed E-state index contributed by atoms with van der Waals surface area (Å²) in [5, 5.41) is 0. The summed E-state index contributed by atoms with van der Waals surface area (Å²) in [5.41, 5.74) is 1.38. The summed E-state index contributed by atoms with van der Waals surface area (Å²) in [7, 11) is 1.81. The largest absolute Gasteiger partial charge is 0.377 e. The molecule has 2 atom stereocenters. The Morgan fingerprint density at radius 3 is 2.38 bits per heavy atom. The second-order valence-electron chi connectivity index (χ2n) is 3.83. The predicted octanol–water partition coefficient (Wildman–Crippen LogP) is 3.79. The maximum absolute atomic E-state index is 5.47. The summed E-state index contributed by atoms with van der Waals surface area (Å²) in [6.07, 6.45) is 6.08. The quantitative estimate of drug-likeness (QED) is 0.571. The molecule has 0 aromatic heterocycles. The van der Waals surface area contributed by atoms with Crippen LogP contribution >= 0.6 is 0 Å². The molecule has 2 unspecified atom stereocenters. The normalized spacial score (nSPS) is 17.2. The molecular weight excluding hydrogens is 160 g/mol. The molecule has 0 aromatic rings. The van der Waals surface area contributed by atoms with Crippen molar-refractivity contribution in [3.05, 3.63) is 11.6 Å². The van der Waals surface area contributed by atoms with Crippen LogP contribution in [0.4, 0.5) is 0 Å². The van der Waals surface area contributed by atoms with Crippen LogP contribution in [0.1, 0.15) is 47.0 Å². The standard InChI is InChI=1S/C12H24O/c1-6-8-11(4)12(13-5)9-10(3)7-2/h8,10,12H,6-7,9H2,1-5H3. The van der Waals surface area contributed by atoms with Crippen LogP contribution in [0.5, 0.6) is 0 Å². The molecule has 0 fully saturated rings. The number of allylic oxidation sites excluding steroid dienone is 1. The number of hydrogen-bond donors (Lipinski definition) is 0. The summed E-state index contributed by atoms with van der Waals surface area (Å²) in [4.78, 5) is 0. The van der Waals surface area contributed by atoms with E-state index in [2.05, 4.69) is 33.8 Å². The summed E-state index contributed by atoms with van der Waals surface area (Å²) >= 11 is 0. The van der Waals surface area contributed by atoms with Crippen LogP contribution in [0, 0.1) is 5.92 Å². The van der Waals surface area contributed by atoms with E-state index in [9.17, 15) is 0 Å². The fraction of sp³-hybridized carbons (Fsp3) is 0.833. The smallest absolute Gasteiger partial charge is 0.0781 e. The minimum Gasteiger partial charge on any atom is -0.377 e. The Morgan fingerprint density at radius 1 is 1.38 bits per heavy atom. The van der Waals surface area contributed by atoms with Crippen LogP contribution in [0.25, 0.3) is 0 Å². The fourth-order valence-electron chi connectivity index (χ4n) is 1.45. The van der Waals surface area contributed by atoms with Gasteiger partial charge in [0.05, 0.1) is 6.10 Å². The van der Waals surface area contributed by atoms with E-state index in [1.165, 1.54) is 12.0 Å². The lowest BCUT2D eigenvalue weighted by atomic mass is 9.96. The molecule has 0 rings (SSSR count). The first kappa shape index (κ1) is 12.7. The molecule has 13 heavy (non-hydrogen) atoms. The van der Waals surface area contributed by atoms with Crippen molar-refractivity contribution in [1.29, 1.82) is 0 Å². The molecule has 0 aliphatic rings. The highest BCUT2D eigenvalue weighted by Crippen LogP contribution is 2.18. The van der Waals surface area contributed by atoms with Gasteiger partial charge in [0.1, 0.15) is 0 Å². The Hall–Kier alpha value is -0.300. The number of ether oxygens (including phenoxy) is 1. The van der Waals surface area contributed by atoms with Gasteiger partial charge in [0.25, 0.3) is 0 Å². The second-order valence-corrected chi connectivity index (χ2v) is 3.83. The first-order chi connectivity index (χ1) is 6.15. The Labute approximate surface area is 83.2 Å². The number of rotatable bonds is 6. The molecule has 1 heteroatoms. The molecule has 0 radical (unpaired) electrons. The monoisotopic (exact) mass is 184 g/mol.